The van der Waals surface area contributed by atoms with Crippen LogP contribution in [0.3, 0.4) is 0 Å². The van der Waals surface area contributed by atoms with Crippen molar-refractivity contribution in [2.75, 3.05) is 0 Å². The van der Waals surface area contributed by atoms with E-state index in [9.17, 15) is 9.59 Å². The van der Waals surface area contributed by atoms with Gasteiger partial charge in [0.25, 0.3) is 0 Å². The predicted molar refractivity (Wildman–Crippen MR) is 96.2 cm³/mol. The predicted octanol–water partition coefficient (Wildman–Crippen LogP) is 3.63. The normalized spacial score (nSPS) is 11.8. The Hall–Kier alpha value is -2.08. The molecule has 1 atom stereocenters. The Morgan fingerprint density at radius 2 is 1.88 bits per heavy atom. The van der Waals surface area contributed by atoms with E-state index in [2.05, 4.69) is 26.6 Å². The summed E-state index contributed by atoms with van der Waals surface area (Å²) >= 11 is 3.40. The standard InChI is InChI=1S/C18H21BrN2O3/c1-3-4-16(21-12(2)22)18(23)20-11-15-9-10-17(24-15)13-5-7-14(19)8-6-13/h5-10,16H,3-4,11H2,1-2H3,(H,20,23)(H,21,22). The molecule has 0 saturated heterocycles. The molecule has 1 heterocycles. The molecule has 2 aromatic rings. The van der Waals surface area contributed by atoms with Crippen LogP contribution in [0.2, 0.25) is 0 Å². The number of amides is 2. The molecule has 2 rings (SSSR count). The monoisotopic (exact) mass is 392 g/mol. The van der Waals surface area contributed by atoms with Crippen LogP contribution in [0.4, 0.5) is 0 Å². The van der Waals surface area contributed by atoms with Gasteiger partial charge in [-0.25, -0.2) is 0 Å². The van der Waals surface area contributed by atoms with Crippen LogP contribution >= 0.6 is 15.9 Å². The lowest BCUT2D eigenvalue weighted by Gasteiger charge is -2.16. The minimum absolute atomic E-state index is 0.200. The molecular weight excluding hydrogens is 372 g/mol. The molecule has 0 spiro atoms. The fraction of sp³-hybridized carbons (Fsp3) is 0.333. The minimum Gasteiger partial charge on any atom is -0.459 e. The zero-order chi connectivity index (χ0) is 17.5. The second-order valence-corrected chi connectivity index (χ2v) is 6.45. The molecule has 1 aromatic carbocycles. The smallest absolute Gasteiger partial charge is 0.242 e. The molecule has 1 aromatic heterocycles. The molecule has 0 fully saturated rings. The summed E-state index contributed by atoms with van der Waals surface area (Å²) in [7, 11) is 0. The van der Waals surface area contributed by atoms with Crippen LogP contribution < -0.4 is 10.6 Å². The summed E-state index contributed by atoms with van der Waals surface area (Å²) in [6.07, 6.45) is 1.42. The highest BCUT2D eigenvalue weighted by molar-refractivity contribution is 9.10. The molecule has 128 valence electrons. The third-order valence-electron chi connectivity index (χ3n) is 3.50. The average Bonchev–Trinajstić information content (AvgIpc) is 3.01. The van der Waals surface area contributed by atoms with Crippen molar-refractivity contribution in [1.82, 2.24) is 10.6 Å². The molecule has 2 N–H and O–H groups in total. The van der Waals surface area contributed by atoms with Crippen LogP contribution in [0.5, 0.6) is 0 Å². The molecule has 6 heteroatoms. The summed E-state index contributed by atoms with van der Waals surface area (Å²) < 4.78 is 6.77. The number of hydrogen-bond acceptors (Lipinski definition) is 3. The minimum atomic E-state index is -0.506. The SMILES string of the molecule is CCCC(NC(C)=O)C(=O)NCc1ccc(-c2ccc(Br)cc2)o1. The van der Waals surface area contributed by atoms with E-state index in [1.165, 1.54) is 6.92 Å². The van der Waals surface area contributed by atoms with Crippen LogP contribution in [-0.2, 0) is 16.1 Å². The van der Waals surface area contributed by atoms with Gasteiger partial charge < -0.3 is 15.1 Å². The van der Waals surface area contributed by atoms with E-state index >= 15 is 0 Å². The zero-order valence-corrected chi connectivity index (χ0v) is 15.4. The van der Waals surface area contributed by atoms with Gasteiger partial charge in [-0.15, -0.1) is 0 Å². The maximum atomic E-state index is 12.2. The summed E-state index contributed by atoms with van der Waals surface area (Å²) in [5.74, 6) is 1.01. The Labute approximate surface area is 149 Å². The van der Waals surface area contributed by atoms with Gasteiger partial charge in [-0.3, -0.25) is 9.59 Å². The van der Waals surface area contributed by atoms with E-state index in [0.29, 0.717) is 12.2 Å². The van der Waals surface area contributed by atoms with E-state index in [1.807, 2.05) is 43.3 Å². The van der Waals surface area contributed by atoms with E-state index in [-0.39, 0.29) is 18.4 Å². The van der Waals surface area contributed by atoms with E-state index in [0.717, 1.165) is 22.2 Å². The first kappa shape index (κ1) is 18.3. The lowest BCUT2D eigenvalue weighted by atomic mass is 10.1. The van der Waals surface area contributed by atoms with Gasteiger partial charge in [0.05, 0.1) is 6.54 Å². The van der Waals surface area contributed by atoms with Crippen molar-refractivity contribution in [3.63, 3.8) is 0 Å². The fourth-order valence-electron chi connectivity index (χ4n) is 2.34. The third kappa shape index (κ3) is 5.23. The number of furan rings is 1. The van der Waals surface area contributed by atoms with Gasteiger partial charge in [-0.2, -0.15) is 0 Å². The highest BCUT2D eigenvalue weighted by Crippen LogP contribution is 2.23. The molecule has 0 aliphatic heterocycles. The first-order valence-corrected chi connectivity index (χ1v) is 8.68. The molecule has 2 amide bonds. The largest absolute Gasteiger partial charge is 0.459 e. The molecule has 0 radical (unpaired) electrons. The highest BCUT2D eigenvalue weighted by atomic mass is 79.9. The van der Waals surface area contributed by atoms with Crippen molar-refractivity contribution < 1.29 is 14.0 Å². The number of rotatable bonds is 7. The second kappa shape index (κ2) is 8.68. The van der Waals surface area contributed by atoms with Crippen molar-refractivity contribution in [3.8, 4) is 11.3 Å². The first-order chi connectivity index (χ1) is 11.5. The zero-order valence-electron chi connectivity index (χ0n) is 13.8. The van der Waals surface area contributed by atoms with E-state index in [4.69, 9.17) is 4.42 Å². The van der Waals surface area contributed by atoms with Gasteiger partial charge in [0, 0.05) is 17.0 Å². The summed E-state index contributed by atoms with van der Waals surface area (Å²) in [6.45, 7) is 3.67. The number of benzene rings is 1. The van der Waals surface area contributed by atoms with Crippen LogP contribution in [0.1, 0.15) is 32.4 Å². The molecular formula is C18H21BrN2O3. The van der Waals surface area contributed by atoms with Gasteiger partial charge >= 0.3 is 0 Å². The summed E-state index contributed by atoms with van der Waals surface area (Å²) in [4.78, 5) is 23.4. The molecule has 0 aliphatic carbocycles. The van der Waals surface area contributed by atoms with E-state index in [1.54, 1.807) is 0 Å². The number of halogens is 1. The van der Waals surface area contributed by atoms with Crippen molar-refractivity contribution >= 4 is 27.7 Å². The lowest BCUT2D eigenvalue weighted by Crippen LogP contribution is -2.45. The summed E-state index contributed by atoms with van der Waals surface area (Å²) in [5, 5.41) is 5.48. The van der Waals surface area contributed by atoms with Crippen LogP contribution in [0, 0.1) is 0 Å². The van der Waals surface area contributed by atoms with Crippen LogP contribution in [0.15, 0.2) is 45.3 Å². The van der Waals surface area contributed by atoms with Crippen molar-refractivity contribution in [2.24, 2.45) is 0 Å². The second-order valence-electron chi connectivity index (χ2n) is 5.53. The molecule has 0 saturated carbocycles. The van der Waals surface area contributed by atoms with Gasteiger partial charge in [0.2, 0.25) is 11.8 Å². The summed E-state index contributed by atoms with van der Waals surface area (Å²) in [6, 6.07) is 11.0. The third-order valence-corrected chi connectivity index (χ3v) is 4.03. The van der Waals surface area contributed by atoms with Gasteiger partial charge in [0.15, 0.2) is 0 Å². The van der Waals surface area contributed by atoms with Gasteiger partial charge in [-0.05, 0) is 30.7 Å². The molecule has 0 bridgehead atoms. The van der Waals surface area contributed by atoms with Crippen molar-refractivity contribution in [3.05, 3.63) is 46.6 Å². The highest BCUT2D eigenvalue weighted by Gasteiger charge is 2.18. The quantitative estimate of drug-likeness (QED) is 0.755. The Bertz CT molecular complexity index is 695. The molecule has 1 unspecified atom stereocenters. The Balaban J connectivity index is 1.95. The lowest BCUT2D eigenvalue weighted by molar-refractivity contribution is -0.128. The van der Waals surface area contributed by atoms with Crippen LogP contribution in [-0.4, -0.2) is 17.9 Å². The number of carbonyl (C=O) groups is 2. The number of nitrogens with one attached hydrogen (secondary N) is 2. The maximum Gasteiger partial charge on any atom is 0.242 e. The van der Waals surface area contributed by atoms with Gasteiger partial charge in [-0.1, -0.05) is 41.4 Å². The van der Waals surface area contributed by atoms with Crippen molar-refractivity contribution in [1.29, 1.82) is 0 Å². The Morgan fingerprint density at radius 3 is 2.50 bits per heavy atom. The fourth-order valence-corrected chi connectivity index (χ4v) is 2.61. The Kier molecular flexibility index (Phi) is 6.61. The van der Waals surface area contributed by atoms with Crippen LogP contribution in [0.25, 0.3) is 11.3 Å². The molecule has 0 aliphatic rings. The molecule has 5 nitrogen and oxygen atoms in total. The van der Waals surface area contributed by atoms with E-state index < -0.39 is 6.04 Å². The topological polar surface area (TPSA) is 71.3 Å². The summed E-state index contributed by atoms with van der Waals surface area (Å²) in [5.41, 5.74) is 0.970. The van der Waals surface area contributed by atoms with Gasteiger partial charge in [0.1, 0.15) is 17.6 Å². The average molecular weight is 393 g/mol. The first-order valence-electron chi connectivity index (χ1n) is 7.89. The maximum absolute atomic E-state index is 12.2. The van der Waals surface area contributed by atoms with Crippen molar-refractivity contribution in [2.45, 2.75) is 39.3 Å². The number of carbonyl (C=O) groups excluding carboxylic acids is 2. The molecule has 24 heavy (non-hydrogen) atoms. The number of hydrogen-bond donors (Lipinski definition) is 2. The Morgan fingerprint density at radius 1 is 1.17 bits per heavy atom.